The van der Waals surface area contributed by atoms with Gasteiger partial charge in [0.2, 0.25) is 0 Å². The molecule has 0 saturated carbocycles. The Morgan fingerprint density at radius 2 is 1.85 bits per heavy atom. The molecule has 0 aliphatic heterocycles. The number of carboxylic acid groups (broad SMARTS) is 1. The van der Waals surface area contributed by atoms with Crippen LogP contribution in [0, 0.1) is 5.82 Å². The number of rotatable bonds is 8. The molecule has 1 aromatic heterocycles. The third kappa shape index (κ3) is 4.15. The molecular weight excluding hydrogens is 335 g/mol. The van der Waals surface area contributed by atoms with Crippen molar-refractivity contribution in [1.82, 2.24) is 10.3 Å². The van der Waals surface area contributed by atoms with Gasteiger partial charge in [-0.15, -0.1) is 0 Å². The molecule has 6 heteroatoms. The van der Waals surface area contributed by atoms with Gasteiger partial charge >= 0.3 is 5.97 Å². The maximum Gasteiger partial charge on any atom is 0.321 e. The lowest BCUT2D eigenvalue weighted by atomic mass is 10.0. The Balaban J connectivity index is 1.59. The summed E-state index contributed by atoms with van der Waals surface area (Å²) in [7, 11) is 0. The number of ketones is 1. The van der Waals surface area contributed by atoms with E-state index in [1.54, 1.807) is 0 Å². The average Bonchev–Trinajstić information content (AvgIpc) is 3.04. The van der Waals surface area contributed by atoms with Gasteiger partial charge in [-0.3, -0.25) is 9.59 Å². The minimum atomic E-state index is -1.08. The fourth-order valence-corrected chi connectivity index (χ4v) is 2.91. The number of carboxylic acids is 1. The molecular formula is C20H19FN2O3. The summed E-state index contributed by atoms with van der Waals surface area (Å²) in [5, 5.41) is 13.4. The summed E-state index contributed by atoms with van der Waals surface area (Å²) in [6.07, 6.45) is 2.36. The van der Waals surface area contributed by atoms with Crippen molar-refractivity contribution in [3.63, 3.8) is 0 Å². The van der Waals surface area contributed by atoms with E-state index in [4.69, 9.17) is 0 Å². The van der Waals surface area contributed by atoms with Crippen molar-refractivity contribution in [2.45, 2.75) is 18.9 Å². The minimum Gasteiger partial charge on any atom is -0.480 e. The molecule has 0 bridgehead atoms. The van der Waals surface area contributed by atoms with Crippen LogP contribution in [0.5, 0.6) is 0 Å². The normalized spacial score (nSPS) is 12.2. The summed E-state index contributed by atoms with van der Waals surface area (Å²) in [5.74, 6) is -1.86. The number of aromatic amines is 1. The minimum absolute atomic E-state index is 0.186. The van der Waals surface area contributed by atoms with Gasteiger partial charge in [0.25, 0.3) is 0 Å². The molecule has 0 amide bonds. The molecule has 2 aromatic carbocycles. The second kappa shape index (κ2) is 7.93. The monoisotopic (exact) mass is 354 g/mol. The lowest BCUT2D eigenvalue weighted by Gasteiger charge is -2.13. The molecule has 0 unspecified atom stereocenters. The van der Waals surface area contributed by atoms with Crippen molar-refractivity contribution in [3.05, 3.63) is 71.7 Å². The van der Waals surface area contributed by atoms with Crippen molar-refractivity contribution in [1.29, 1.82) is 0 Å². The Morgan fingerprint density at radius 3 is 2.58 bits per heavy atom. The van der Waals surface area contributed by atoms with E-state index >= 15 is 0 Å². The first-order chi connectivity index (χ1) is 12.5. The quantitative estimate of drug-likeness (QED) is 0.543. The zero-order valence-electron chi connectivity index (χ0n) is 14.0. The smallest absolute Gasteiger partial charge is 0.321 e. The predicted octanol–water partition coefficient (Wildman–Crippen LogP) is 3.17. The molecule has 1 heterocycles. The second-order valence-corrected chi connectivity index (χ2v) is 6.09. The molecule has 26 heavy (non-hydrogen) atoms. The molecule has 3 rings (SSSR count). The number of hydrogen-bond donors (Lipinski definition) is 3. The number of para-hydroxylation sites is 1. The third-order valence-electron chi connectivity index (χ3n) is 4.31. The van der Waals surface area contributed by atoms with E-state index in [2.05, 4.69) is 10.3 Å². The zero-order chi connectivity index (χ0) is 18.5. The highest BCUT2D eigenvalue weighted by molar-refractivity contribution is 5.98. The van der Waals surface area contributed by atoms with Gasteiger partial charge in [-0.05, 0) is 42.3 Å². The van der Waals surface area contributed by atoms with Crippen molar-refractivity contribution in [3.8, 4) is 0 Å². The first-order valence-electron chi connectivity index (χ1n) is 8.34. The molecule has 0 fully saturated rings. The Labute approximate surface area is 149 Å². The molecule has 134 valence electrons. The fraction of sp³-hybridized carbons (Fsp3) is 0.200. The van der Waals surface area contributed by atoms with Crippen molar-refractivity contribution in [2.75, 3.05) is 6.54 Å². The first kappa shape index (κ1) is 17.8. The van der Waals surface area contributed by atoms with Crippen molar-refractivity contribution in [2.24, 2.45) is 0 Å². The summed E-state index contributed by atoms with van der Waals surface area (Å²) in [4.78, 5) is 26.8. The molecule has 3 aromatic rings. The summed E-state index contributed by atoms with van der Waals surface area (Å²) < 4.78 is 12.9. The van der Waals surface area contributed by atoms with Crippen LogP contribution in [0.1, 0.15) is 22.3 Å². The van der Waals surface area contributed by atoms with Crippen LogP contribution in [0.2, 0.25) is 0 Å². The molecule has 0 spiro atoms. The molecule has 0 aliphatic carbocycles. The van der Waals surface area contributed by atoms with Crippen LogP contribution in [0.15, 0.2) is 54.7 Å². The predicted molar refractivity (Wildman–Crippen MR) is 96.8 cm³/mol. The summed E-state index contributed by atoms with van der Waals surface area (Å²) in [6.45, 7) is 0.426. The van der Waals surface area contributed by atoms with Gasteiger partial charge in [-0.2, -0.15) is 0 Å². The summed E-state index contributed by atoms with van der Waals surface area (Å²) >= 11 is 0. The molecule has 3 N–H and O–H groups in total. The highest BCUT2D eigenvalue weighted by Gasteiger charge is 2.21. The van der Waals surface area contributed by atoms with E-state index in [1.165, 1.54) is 24.3 Å². The van der Waals surface area contributed by atoms with Crippen LogP contribution in [-0.2, 0) is 11.2 Å². The lowest BCUT2D eigenvalue weighted by Crippen LogP contribution is -2.39. The maximum atomic E-state index is 12.9. The summed E-state index contributed by atoms with van der Waals surface area (Å²) in [6, 6.07) is 12.0. The van der Waals surface area contributed by atoms with Crippen LogP contribution >= 0.6 is 0 Å². The Hall–Kier alpha value is -2.99. The topological polar surface area (TPSA) is 82.2 Å². The SMILES string of the molecule is O=C(C[C@@H](NCCc1c[nH]c2ccccc12)C(=O)O)c1ccc(F)cc1. The van der Waals surface area contributed by atoms with Gasteiger partial charge in [0.15, 0.2) is 5.78 Å². The van der Waals surface area contributed by atoms with Crippen molar-refractivity contribution >= 4 is 22.7 Å². The Bertz CT molecular complexity index is 918. The van der Waals surface area contributed by atoms with Gasteiger partial charge in [0.05, 0.1) is 0 Å². The Morgan fingerprint density at radius 1 is 1.12 bits per heavy atom. The largest absolute Gasteiger partial charge is 0.480 e. The van der Waals surface area contributed by atoms with Gasteiger partial charge in [0, 0.05) is 35.6 Å². The molecule has 0 radical (unpaired) electrons. The van der Waals surface area contributed by atoms with Crippen LogP contribution in [-0.4, -0.2) is 34.4 Å². The van der Waals surface area contributed by atoms with E-state index < -0.39 is 17.8 Å². The number of fused-ring (bicyclic) bond motifs is 1. The molecule has 0 aliphatic rings. The van der Waals surface area contributed by atoms with E-state index in [0.29, 0.717) is 18.5 Å². The zero-order valence-corrected chi connectivity index (χ0v) is 14.0. The highest BCUT2D eigenvalue weighted by Crippen LogP contribution is 2.17. The van der Waals surface area contributed by atoms with Gasteiger partial charge in [-0.25, -0.2) is 4.39 Å². The maximum absolute atomic E-state index is 12.9. The van der Waals surface area contributed by atoms with E-state index in [1.807, 2.05) is 30.5 Å². The van der Waals surface area contributed by atoms with E-state index in [-0.39, 0.29) is 12.2 Å². The van der Waals surface area contributed by atoms with Crippen molar-refractivity contribution < 1.29 is 19.1 Å². The fourth-order valence-electron chi connectivity index (χ4n) is 2.91. The number of halogens is 1. The third-order valence-corrected chi connectivity index (χ3v) is 4.31. The number of benzene rings is 2. The molecule has 0 saturated heterocycles. The average molecular weight is 354 g/mol. The Kier molecular flexibility index (Phi) is 5.43. The number of Topliss-reactive ketones (excluding diaryl/α,β-unsaturated/α-hetero) is 1. The van der Waals surface area contributed by atoms with Gasteiger partial charge in [0.1, 0.15) is 11.9 Å². The number of hydrogen-bond acceptors (Lipinski definition) is 3. The second-order valence-electron chi connectivity index (χ2n) is 6.09. The number of carbonyl (C=O) groups is 2. The van der Waals surface area contributed by atoms with Gasteiger partial charge < -0.3 is 15.4 Å². The van der Waals surface area contributed by atoms with Crippen LogP contribution < -0.4 is 5.32 Å². The van der Waals surface area contributed by atoms with Gasteiger partial charge in [-0.1, -0.05) is 18.2 Å². The number of H-pyrrole nitrogens is 1. The van der Waals surface area contributed by atoms with E-state index in [0.717, 1.165) is 16.5 Å². The number of carbonyl (C=O) groups excluding carboxylic acids is 1. The summed E-state index contributed by atoms with van der Waals surface area (Å²) in [5.41, 5.74) is 2.42. The first-order valence-corrected chi connectivity index (χ1v) is 8.34. The molecule has 1 atom stereocenters. The number of aromatic nitrogens is 1. The van der Waals surface area contributed by atoms with Crippen LogP contribution in [0.25, 0.3) is 10.9 Å². The van der Waals surface area contributed by atoms with Crippen LogP contribution in [0.4, 0.5) is 4.39 Å². The standard InChI is InChI=1S/C20H19FN2O3/c21-15-7-5-13(6-8-15)19(24)11-18(20(25)26)22-10-9-14-12-23-17-4-2-1-3-16(14)17/h1-8,12,18,22-23H,9-11H2,(H,25,26)/t18-/m1/s1. The molecule has 5 nitrogen and oxygen atoms in total. The number of nitrogens with one attached hydrogen (secondary N) is 2. The van der Waals surface area contributed by atoms with Crippen LogP contribution in [0.3, 0.4) is 0 Å². The van der Waals surface area contributed by atoms with E-state index in [9.17, 15) is 19.1 Å². The lowest BCUT2D eigenvalue weighted by molar-refractivity contribution is -0.139. The highest BCUT2D eigenvalue weighted by atomic mass is 19.1. The number of aliphatic carboxylic acids is 1.